The minimum Gasteiger partial charge on any atom is -0.383 e. The van der Waals surface area contributed by atoms with Crippen LogP contribution < -0.4 is 11.1 Å². The molecule has 1 amide bonds. The smallest absolute Gasteiger partial charge is 0.239 e. The Morgan fingerprint density at radius 2 is 1.93 bits per heavy atom. The second-order valence-electron chi connectivity index (χ2n) is 2.71. The largest absolute Gasteiger partial charge is 0.383 e. The van der Waals surface area contributed by atoms with Crippen LogP contribution >= 0.6 is 0 Å². The van der Waals surface area contributed by atoms with E-state index in [0.29, 0.717) is 0 Å². The predicted octanol–water partition coefficient (Wildman–Crippen LogP) is -1.30. The minimum absolute atomic E-state index is 0.191. The molecular weight excluding hydrogens is 188 g/mol. The first-order valence-corrected chi connectivity index (χ1v) is 4.23. The monoisotopic (exact) mass is 206 g/mol. The Kier molecular flexibility index (Phi) is 7.31. The van der Waals surface area contributed by atoms with Crippen molar-refractivity contribution in [1.82, 2.24) is 5.32 Å². The van der Waals surface area contributed by atoms with E-state index >= 15 is 0 Å². The number of carbonyl (C=O) groups excluding carboxylic acids is 1. The van der Waals surface area contributed by atoms with Crippen LogP contribution in [0.5, 0.6) is 0 Å². The van der Waals surface area contributed by atoms with Crippen LogP contribution in [0.4, 0.5) is 0 Å². The SMILES string of the molecule is COCC(N)C(=O)NCC(OC)OC. The lowest BCUT2D eigenvalue weighted by Crippen LogP contribution is -2.46. The second-order valence-corrected chi connectivity index (χ2v) is 2.71. The van der Waals surface area contributed by atoms with Crippen LogP contribution in [-0.2, 0) is 19.0 Å². The molecule has 6 heteroatoms. The molecular formula is C8H18N2O4. The van der Waals surface area contributed by atoms with Gasteiger partial charge in [0, 0.05) is 21.3 Å². The standard InChI is InChI=1S/C8H18N2O4/c1-12-5-6(9)8(11)10-4-7(13-2)14-3/h6-7H,4-5,9H2,1-3H3,(H,10,11). The first kappa shape index (κ1) is 13.3. The zero-order valence-electron chi connectivity index (χ0n) is 8.78. The normalized spacial score (nSPS) is 12.9. The van der Waals surface area contributed by atoms with E-state index in [9.17, 15) is 4.79 Å². The van der Waals surface area contributed by atoms with Crippen molar-refractivity contribution >= 4 is 5.91 Å². The quantitative estimate of drug-likeness (QED) is 0.506. The molecule has 1 unspecified atom stereocenters. The van der Waals surface area contributed by atoms with Gasteiger partial charge >= 0.3 is 0 Å². The molecule has 84 valence electrons. The molecule has 0 aromatic rings. The summed E-state index contributed by atoms with van der Waals surface area (Å²) in [5.41, 5.74) is 5.48. The fraction of sp³-hybridized carbons (Fsp3) is 0.875. The Labute approximate surface area is 83.7 Å². The summed E-state index contributed by atoms with van der Waals surface area (Å²) in [7, 11) is 4.48. The number of nitrogens with two attached hydrogens (primary N) is 1. The molecule has 0 aromatic heterocycles. The number of amides is 1. The van der Waals surface area contributed by atoms with Gasteiger partial charge in [-0.25, -0.2) is 0 Å². The van der Waals surface area contributed by atoms with Gasteiger partial charge in [0.15, 0.2) is 6.29 Å². The molecule has 6 nitrogen and oxygen atoms in total. The number of ether oxygens (including phenoxy) is 3. The first-order chi connectivity index (χ1) is 6.65. The fourth-order valence-corrected chi connectivity index (χ4v) is 0.833. The molecule has 0 bridgehead atoms. The van der Waals surface area contributed by atoms with Gasteiger partial charge in [0.05, 0.1) is 13.2 Å². The average Bonchev–Trinajstić information content (AvgIpc) is 2.19. The van der Waals surface area contributed by atoms with Gasteiger partial charge in [-0.15, -0.1) is 0 Å². The van der Waals surface area contributed by atoms with Crippen molar-refractivity contribution in [2.24, 2.45) is 5.73 Å². The van der Waals surface area contributed by atoms with E-state index in [-0.39, 0.29) is 19.1 Å². The lowest BCUT2D eigenvalue weighted by Gasteiger charge is -2.16. The zero-order chi connectivity index (χ0) is 11.0. The van der Waals surface area contributed by atoms with Crippen molar-refractivity contribution in [2.45, 2.75) is 12.3 Å². The Morgan fingerprint density at radius 3 is 2.36 bits per heavy atom. The lowest BCUT2D eigenvalue weighted by molar-refractivity contribution is -0.129. The van der Waals surface area contributed by atoms with Gasteiger partial charge < -0.3 is 25.3 Å². The van der Waals surface area contributed by atoms with Crippen LogP contribution in [0.2, 0.25) is 0 Å². The highest BCUT2D eigenvalue weighted by Crippen LogP contribution is 1.88. The van der Waals surface area contributed by atoms with Gasteiger partial charge in [0.25, 0.3) is 0 Å². The summed E-state index contributed by atoms with van der Waals surface area (Å²) in [5, 5.41) is 2.58. The summed E-state index contributed by atoms with van der Waals surface area (Å²) < 4.78 is 14.5. The molecule has 0 aliphatic rings. The summed E-state index contributed by atoms with van der Waals surface area (Å²) in [6.07, 6.45) is -0.450. The summed E-state index contributed by atoms with van der Waals surface area (Å²) in [6, 6.07) is -0.658. The van der Waals surface area contributed by atoms with E-state index in [4.69, 9.17) is 19.9 Å². The van der Waals surface area contributed by atoms with Crippen LogP contribution in [-0.4, -0.2) is 52.7 Å². The number of hydrogen-bond acceptors (Lipinski definition) is 5. The molecule has 0 heterocycles. The molecule has 0 aliphatic carbocycles. The number of rotatable bonds is 7. The van der Waals surface area contributed by atoms with Crippen LogP contribution in [0.15, 0.2) is 0 Å². The topological polar surface area (TPSA) is 82.8 Å². The summed E-state index contributed by atoms with van der Waals surface area (Å²) >= 11 is 0. The maximum atomic E-state index is 11.2. The molecule has 0 radical (unpaired) electrons. The van der Waals surface area contributed by atoms with E-state index in [2.05, 4.69) is 5.32 Å². The van der Waals surface area contributed by atoms with Gasteiger partial charge in [-0.3, -0.25) is 4.79 Å². The predicted molar refractivity (Wildman–Crippen MR) is 50.7 cm³/mol. The van der Waals surface area contributed by atoms with Crippen molar-refractivity contribution in [3.05, 3.63) is 0 Å². The van der Waals surface area contributed by atoms with E-state index in [0.717, 1.165) is 0 Å². The summed E-state index contributed by atoms with van der Waals surface area (Å²) in [5.74, 6) is -0.286. The van der Waals surface area contributed by atoms with Gasteiger partial charge in [-0.05, 0) is 0 Å². The third-order valence-electron chi connectivity index (χ3n) is 1.65. The highest BCUT2D eigenvalue weighted by molar-refractivity contribution is 5.81. The van der Waals surface area contributed by atoms with E-state index in [1.165, 1.54) is 21.3 Å². The third kappa shape index (κ3) is 5.13. The van der Waals surface area contributed by atoms with Crippen molar-refractivity contribution in [3.63, 3.8) is 0 Å². The Bertz CT molecular complexity index is 161. The molecule has 0 aromatic carbocycles. The van der Waals surface area contributed by atoms with E-state index < -0.39 is 12.3 Å². The van der Waals surface area contributed by atoms with Gasteiger partial charge in [-0.1, -0.05) is 0 Å². The second kappa shape index (κ2) is 7.69. The number of carbonyl (C=O) groups is 1. The Morgan fingerprint density at radius 1 is 1.36 bits per heavy atom. The molecule has 3 N–H and O–H groups in total. The van der Waals surface area contributed by atoms with Crippen molar-refractivity contribution < 1.29 is 19.0 Å². The number of nitrogens with one attached hydrogen (secondary N) is 1. The van der Waals surface area contributed by atoms with Crippen LogP contribution in [0.1, 0.15) is 0 Å². The highest BCUT2D eigenvalue weighted by atomic mass is 16.7. The van der Waals surface area contributed by atoms with Gasteiger partial charge in [0.2, 0.25) is 5.91 Å². The highest BCUT2D eigenvalue weighted by Gasteiger charge is 2.14. The number of hydrogen-bond donors (Lipinski definition) is 2. The van der Waals surface area contributed by atoms with E-state index in [1.807, 2.05) is 0 Å². The Balaban J connectivity index is 3.71. The molecule has 0 saturated heterocycles. The lowest BCUT2D eigenvalue weighted by atomic mass is 10.3. The van der Waals surface area contributed by atoms with Crippen molar-refractivity contribution in [2.75, 3.05) is 34.5 Å². The molecule has 0 rings (SSSR count). The van der Waals surface area contributed by atoms with Crippen LogP contribution in [0.25, 0.3) is 0 Å². The van der Waals surface area contributed by atoms with Crippen LogP contribution in [0, 0.1) is 0 Å². The van der Waals surface area contributed by atoms with Crippen LogP contribution in [0.3, 0.4) is 0 Å². The molecule has 0 aliphatic heterocycles. The van der Waals surface area contributed by atoms with Gasteiger partial charge in [-0.2, -0.15) is 0 Å². The first-order valence-electron chi connectivity index (χ1n) is 4.23. The van der Waals surface area contributed by atoms with Crippen molar-refractivity contribution in [3.8, 4) is 0 Å². The van der Waals surface area contributed by atoms with E-state index in [1.54, 1.807) is 0 Å². The molecule has 14 heavy (non-hydrogen) atoms. The molecule has 1 atom stereocenters. The number of methoxy groups -OCH3 is 3. The zero-order valence-corrected chi connectivity index (χ0v) is 8.78. The maximum Gasteiger partial charge on any atom is 0.239 e. The summed E-state index contributed by atoms with van der Waals surface area (Å²) in [6.45, 7) is 0.458. The maximum absolute atomic E-state index is 11.2. The molecule has 0 spiro atoms. The average molecular weight is 206 g/mol. The van der Waals surface area contributed by atoms with Crippen molar-refractivity contribution in [1.29, 1.82) is 0 Å². The third-order valence-corrected chi connectivity index (χ3v) is 1.65. The Hall–Kier alpha value is -0.690. The minimum atomic E-state index is -0.658. The fourth-order valence-electron chi connectivity index (χ4n) is 0.833. The summed E-state index contributed by atoms with van der Waals surface area (Å²) in [4.78, 5) is 11.2. The molecule has 0 saturated carbocycles. The molecule has 0 fully saturated rings. The van der Waals surface area contributed by atoms with Gasteiger partial charge in [0.1, 0.15) is 6.04 Å².